The SMILES string of the molecule is CC(N)C(C)C(=O)Nc1cccc(OCCS(C)(=O)=O)c1.Cl. The van der Waals surface area contributed by atoms with Crippen molar-refractivity contribution in [2.45, 2.75) is 19.9 Å². The Hall–Kier alpha value is -1.31. The molecule has 0 fully saturated rings. The lowest BCUT2D eigenvalue weighted by Gasteiger charge is -2.15. The van der Waals surface area contributed by atoms with Crippen LogP contribution >= 0.6 is 12.4 Å². The van der Waals surface area contributed by atoms with Crippen molar-refractivity contribution >= 4 is 33.8 Å². The lowest BCUT2D eigenvalue weighted by molar-refractivity contribution is -0.119. The van der Waals surface area contributed by atoms with Gasteiger partial charge in [0.25, 0.3) is 0 Å². The highest BCUT2D eigenvalue weighted by Gasteiger charge is 2.17. The number of halogens is 1. The Bertz CT molecular complexity index is 590. The van der Waals surface area contributed by atoms with Crippen LogP contribution in [0.5, 0.6) is 5.75 Å². The van der Waals surface area contributed by atoms with Gasteiger partial charge in [0.15, 0.2) is 9.84 Å². The highest BCUT2D eigenvalue weighted by atomic mass is 35.5. The summed E-state index contributed by atoms with van der Waals surface area (Å²) in [7, 11) is -3.05. The van der Waals surface area contributed by atoms with Crippen molar-refractivity contribution in [2.75, 3.05) is 23.9 Å². The van der Waals surface area contributed by atoms with Crippen LogP contribution in [-0.2, 0) is 14.6 Å². The van der Waals surface area contributed by atoms with E-state index in [0.717, 1.165) is 6.26 Å². The Labute approximate surface area is 137 Å². The van der Waals surface area contributed by atoms with E-state index in [0.29, 0.717) is 11.4 Å². The fourth-order valence-corrected chi connectivity index (χ4v) is 1.86. The van der Waals surface area contributed by atoms with E-state index >= 15 is 0 Å². The highest BCUT2D eigenvalue weighted by Crippen LogP contribution is 2.18. The summed E-state index contributed by atoms with van der Waals surface area (Å²) < 4.78 is 27.4. The van der Waals surface area contributed by atoms with Crippen molar-refractivity contribution in [2.24, 2.45) is 11.7 Å². The number of nitrogens with two attached hydrogens (primary N) is 1. The second-order valence-corrected chi connectivity index (χ2v) is 7.40. The number of anilines is 1. The first-order valence-electron chi connectivity index (χ1n) is 6.66. The molecule has 0 radical (unpaired) electrons. The molecule has 2 unspecified atom stereocenters. The van der Waals surface area contributed by atoms with Gasteiger partial charge in [0.2, 0.25) is 5.91 Å². The van der Waals surface area contributed by atoms with Crippen molar-refractivity contribution in [3.05, 3.63) is 24.3 Å². The van der Waals surface area contributed by atoms with Crippen LogP contribution in [0.4, 0.5) is 5.69 Å². The fraction of sp³-hybridized carbons (Fsp3) is 0.500. The maximum Gasteiger partial charge on any atom is 0.228 e. The van der Waals surface area contributed by atoms with Gasteiger partial charge in [-0.2, -0.15) is 0 Å². The number of amides is 1. The van der Waals surface area contributed by atoms with E-state index in [2.05, 4.69) is 5.32 Å². The maximum absolute atomic E-state index is 11.9. The molecule has 1 aromatic carbocycles. The number of hydrogen-bond acceptors (Lipinski definition) is 5. The second kappa shape index (κ2) is 8.97. The number of benzene rings is 1. The van der Waals surface area contributed by atoms with Crippen LogP contribution in [0.25, 0.3) is 0 Å². The van der Waals surface area contributed by atoms with Crippen molar-refractivity contribution in [3.8, 4) is 5.75 Å². The van der Waals surface area contributed by atoms with Gasteiger partial charge in [0.1, 0.15) is 12.4 Å². The van der Waals surface area contributed by atoms with E-state index in [4.69, 9.17) is 10.5 Å². The Balaban J connectivity index is 0.00000441. The number of carbonyl (C=O) groups excluding carboxylic acids is 1. The molecule has 6 nitrogen and oxygen atoms in total. The molecule has 0 saturated carbocycles. The van der Waals surface area contributed by atoms with Gasteiger partial charge in [0.05, 0.1) is 11.7 Å². The van der Waals surface area contributed by atoms with Crippen molar-refractivity contribution in [1.29, 1.82) is 0 Å². The molecule has 0 aliphatic carbocycles. The predicted molar refractivity (Wildman–Crippen MR) is 90.3 cm³/mol. The number of hydrogen-bond donors (Lipinski definition) is 2. The van der Waals surface area contributed by atoms with Crippen molar-refractivity contribution < 1.29 is 17.9 Å². The minimum Gasteiger partial charge on any atom is -0.492 e. The zero-order valence-corrected chi connectivity index (χ0v) is 14.5. The fourth-order valence-electron chi connectivity index (χ4n) is 1.47. The maximum atomic E-state index is 11.9. The van der Waals surface area contributed by atoms with Crippen LogP contribution in [0.3, 0.4) is 0 Å². The van der Waals surface area contributed by atoms with Crippen LogP contribution in [0, 0.1) is 5.92 Å². The topological polar surface area (TPSA) is 98.5 Å². The zero-order chi connectivity index (χ0) is 16.0. The third-order valence-electron chi connectivity index (χ3n) is 3.03. The third kappa shape index (κ3) is 7.63. The number of nitrogens with one attached hydrogen (secondary N) is 1. The van der Waals surface area contributed by atoms with E-state index < -0.39 is 9.84 Å². The van der Waals surface area contributed by atoms with Gasteiger partial charge in [-0.25, -0.2) is 8.42 Å². The van der Waals surface area contributed by atoms with E-state index in [1.807, 2.05) is 0 Å². The smallest absolute Gasteiger partial charge is 0.228 e. The monoisotopic (exact) mass is 350 g/mol. The molecule has 0 spiro atoms. The van der Waals surface area contributed by atoms with Gasteiger partial charge in [0, 0.05) is 24.1 Å². The number of carbonyl (C=O) groups is 1. The largest absolute Gasteiger partial charge is 0.492 e. The average molecular weight is 351 g/mol. The summed E-state index contributed by atoms with van der Waals surface area (Å²) in [5, 5.41) is 2.75. The van der Waals surface area contributed by atoms with Gasteiger partial charge < -0.3 is 15.8 Å². The Morgan fingerprint density at radius 1 is 1.36 bits per heavy atom. The number of rotatable bonds is 7. The number of sulfone groups is 1. The van der Waals surface area contributed by atoms with Gasteiger partial charge >= 0.3 is 0 Å². The zero-order valence-electron chi connectivity index (χ0n) is 12.9. The van der Waals surface area contributed by atoms with Gasteiger partial charge in [-0.3, -0.25) is 4.79 Å². The van der Waals surface area contributed by atoms with Crippen LogP contribution < -0.4 is 15.8 Å². The molecule has 1 rings (SSSR count). The van der Waals surface area contributed by atoms with E-state index in [1.54, 1.807) is 38.1 Å². The first-order valence-corrected chi connectivity index (χ1v) is 8.72. The third-order valence-corrected chi connectivity index (χ3v) is 3.93. The second-order valence-electron chi connectivity index (χ2n) is 5.14. The van der Waals surface area contributed by atoms with Gasteiger partial charge in [-0.05, 0) is 19.1 Å². The summed E-state index contributed by atoms with van der Waals surface area (Å²) in [6, 6.07) is 6.57. The Kier molecular flexibility index (Phi) is 8.44. The lowest BCUT2D eigenvalue weighted by atomic mass is 10.0. The van der Waals surface area contributed by atoms with E-state index in [9.17, 15) is 13.2 Å². The number of ether oxygens (including phenoxy) is 1. The van der Waals surface area contributed by atoms with Crippen molar-refractivity contribution in [3.63, 3.8) is 0 Å². The molecule has 0 heterocycles. The summed E-state index contributed by atoms with van der Waals surface area (Å²) in [5.41, 5.74) is 6.27. The molecule has 8 heteroatoms. The molecule has 0 saturated heterocycles. The van der Waals surface area contributed by atoms with E-state index in [-0.39, 0.29) is 42.6 Å². The summed E-state index contributed by atoms with van der Waals surface area (Å²) in [6.45, 7) is 3.61. The molecule has 2 atom stereocenters. The van der Waals surface area contributed by atoms with Crippen LogP contribution in [0.15, 0.2) is 24.3 Å². The summed E-state index contributed by atoms with van der Waals surface area (Å²) in [5.74, 6) is -0.0197. The van der Waals surface area contributed by atoms with Crippen LogP contribution in [-0.4, -0.2) is 39.0 Å². The lowest BCUT2D eigenvalue weighted by Crippen LogP contribution is -2.34. The molecule has 3 N–H and O–H groups in total. The minimum atomic E-state index is -3.05. The molecule has 0 aliphatic heterocycles. The van der Waals surface area contributed by atoms with Crippen LogP contribution in [0.2, 0.25) is 0 Å². The molecule has 0 aliphatic rings. The summed E-state index contributed by atoms with van der Waals surface area (Å²) >= 11 is 0. The molecule has 1 amide bonds. The normalized spacial score (nSPS) is 13.6. The Morgan fingerprint density at radius 3 is 2.55 bits per heavy atom. The molecule has 126 valence electrons. The average Bonchev–Trinajstić information content (AvgIpc) is 2.36. The summed E-state index contributed by atoms with van der Waals surface area (Å²) in [6.07, 6.45) is 1.16. The first kappa shape index (κ1) is 20.7. The van der Waals surface area contributed by atoms with E-state index in [1.165, 1.54) is 0 Å². The predicted octanol–water partition coefficient (Wildman–Crippen LogP) is 1.45. The highest BCUT2D eigenvalue weighted by molar-refractivity contribution is 7.90. The molecule has 22 heavy (non-hydrogen) atoms. The standard InChI is InChI=1S/C14H22N2O4S.ClH/c1-10(11(2)15)14(17)16-12-5-4-6-13(9-12)20-7-8-21(3,18)19;/h4-6,9-11H,7-8,15H2,1-3H3,(H,16,17);1H. The van der Waals surface area contributed by atoms with Gasteiger partial charge in [-0.1, -0.05) is 13.0 Å². The summed E-state index contributed by atoms with van der Waals surface area (Å²) in [4.78, 5) is 11.9. The molecular formula is C14H23ClN2O4S. The molecular weight excluding hydrogens is 328 g/mol. The minimum absolute atomic E-state index is 0. The van der Waals surface area contributed by atoms with Crippen LogP contribution in [0.1, 0.15) is 13.8 Å². The quantitative estimate of drug-likeness (QED) is 0.775. The van der Waals surface area contributed by atoms with Crippen molar-refractivity contribution in [1.82, 2.24) is 0 Å². The first-order chi connectivity index (χ1) is 9.69. The van der Waals surface area contributed by atoms with Gasteiger partial charge in [-0.15, -0.1) is 12.4 Å². The molecule has 1 aromatic rings. The molecule has 0 aromatic heterocycles. The molecule has 0 bridgehead atoms. The Morgan fingerprint density at radius 2 is 2.00 bits per heavy atom.